The Morgan fingerprint density at radius 1 is 1.17 bits per heavy atom. The molecule has 152 valence electrons. The van der Waals surface area contributed by atoms with Crippen LogP contribution in [0.15, 0.2) is 53.5 Å². The van der Waals surface area contributed by atoms with E-state index < -0.39 is 0 Å². The lowest BCUT2D eigenvalue weighted by Crippen LogP contribution is -2.34. The van der Waals surface area contributed by atoms with Crippen LogP contribution >= 0.6 is 11.6 Å². The number of nitrogens with zero attached hydrogens (tertiary/aromatic N) is 3. The fraction of sp³-hybridized carbons (Fsp3) is 0.364. The maximum absolute atomic E-state index is 12.4. The predicted molar refractivity (Wildman–Crippen MR) is 115 cm³/mol. The molecule has 0 amide bonds. The summed E-state index contributed by atoms with van der Waals surface area (Å²) >= 11 is 5.97. The van der Waals surface area contributed by atoms with Crippen molar-refractivity contribution in [1.29, 1.82) is 0 Å². The summed E-state index contributed by atoms with van der Waals surface area (Å²) in [6.07, 6.45) is 3.67. The van der Waals surface area contributed by atoms with Crippen molar-refractivity contribution in [2.75, 3.05) is 25.0 Å². The van der Waals surface area contributed by atoms with E-state index in [-0.39, 0.29) is 12.2 Å². The van der Waals surface area contributed by atoms with E-state index >= 15 is 0 Å². The molecule has 0 spiro atoms. The summed E-state index contributed by atoms with van der Waals surface area (Å²) < 4.78 is 1.45. The lowest BCUT2D eigenvalue weighted by Gasteiger charge is -2.31. The normalized spacial score (nSPS) is 15.7. The minimum absolute atomic E-state index is 0.144. The number of likely N-dealkylation sites (tertiary alicyclic amines) is 1. The van der Waals surface area contributed by atoms with Crippen LogP contribution in [0.3, 0.4) is 0 Å². The average molecular weight is 413 g/mol. The second-order valence-electron chi connectivity index (χ2n) is 7.57. The highest BCUT2D eigenvalue weighted by Crippen LogP contribution is 2.22. The van der Waals surface area contributed by atoms with Crippen LogP contribution in [0.1, 0.15) is 24.1 Å². The Bertz CT molecular complexity index is 1040. The molecule has 1 fully saturated rings. The number of aliphatic hydroxyl groups is 1. The van der Waals surface area contributed by atoms with E-state index in [2.05, 4.69) is 27.3 Å². The summed E-state index contributed by atoms with van der Waals surface area (Å²) in [6, 6.07) is 13.3. The van der Waals surface area contributed by atoms with Crippen molar-refractivity contribution >= 4 is 22.9 Å². The van der Waals surface area contributed by atoms with Crippen LogP contribution in [-0.4, -0.2) is 39.1 Å². The Morgan fingerprint density at radius 3 is 2.76 bits per heavy atom. The number of hydrogen-bond acceptors (Lipinski definition) is 5. The second kappa shape index (κ2) is 8.95. The SMILES string of the molecule is O=c1cc(CNc2ccccc2CN2CCC(CO)CC2)nc2ccc(Cl)cn12. The van der Waals surface area contributed by atoms with Crippen molar-refractivity contribution in [2.24, 2.45) is 5.92 Å². The third-order valence-electron chi connectivity index (χ3n) is 5.51. The monoisotopic (exact) mass is 412 g/mol. The maximum atomic E-state index is 12.4. The first-order valence-corrected chi connectivity index (χ1v) is 10.3. The van der Waals surface area contributed by atoms with Gasteiger partial charge in [-0.25, -0.2) is 4.98 Å². The van der Waals surface area contributed by atoms with Crippen molar-refractivity contribution in [3.63, 3.8) is 0 Å². The molecular weight excluding hydrogens is 388 g/mol. The van der Waals surface area contributed by atoms with Gasteiger partial charge in [0.15, 0.2) is 0 Å². The number of anilines is 1. The van der Waals surface area contributed by atoms with Gasteiger partial charge in [-0.3, -0.25) is 14.1 Å². The van der Waals surface area contributed by atoms with Crippen LogP contribution in [0.5, 0.6) is 0 Å². The van der Waals surface area contributed by atoms with Gasteiger partial charge in [-0.2, -0.15) is 0 Å². The summed E-state index contributed by atoms with van der Waals surface area (Å²) in [5.74, 6) is 0.438. The number of fused-ring (bicyclic) bond motifs is 1. The molecule has 0 unspecified atom stereocenters. The van der Waals surface area contributed by atoms with Crippen LogP contribution < -0.4 is 10.9 Å². The molecule has 2 aromatic heterocycles. The number of nitrogens with one attached hydrogen (secondary N) is 1. The third kappa shape index (κ3) is 4.78. The van der Waals surface area contributed by atoms with Crippen molar-refractivity contribution in [3.8, 4) is 0 Å². The molecule has 6 nitrogen and oxygen atoms in total. The fourth-order valence-electron chi connectivity index (χ4n) is 3.80. The predicted octanol–water partition coefficient (Wildman–Crippen LogP) is 3.16. The van der Waals surface area contributed by atoms with Crippen molar-refractivity contribution < 1.29 is 5.11 Å². The van der Waals surface area contributed by atoms with Gasteiger partial charge in [-0.1, -0.05) is 29.8 Å². The highest BCUT2D eigenvalue weighted by atomic mass is 35.5. The van der Waals surface area contributed by atoms with E-state index in [1.807, 2.05) is 12.1 Å². The van der Waals surface area contributed by atoms with Gasteiger partial charge in [0.25, 0.3) is 5.56 Å². The van der Waals surface area contributed by atoms with Gasteiger partial charge in [-0.15, -0.1) is 0 Å². The van der Waals surface area contributed by atoms with Crippen LogP contribution in [0, 0.1) is 5.92 Å². The van der Waals surface area contributed by atoms with Crippen molar-refractivity contribution in [1.82, 2.24) is 14.3 Å². The zero-order chi connectivity index (χ0) is 20.2. The number of para-hydroxylation sites is 1. The van der Waals surface area contributed by atoms with E-state index in [9.17, 15) is 9.90 Å². The molecule has 0 aliphatic carbocycles. The Morgan fingerprint density at radius 2 is 1.97 bits per heavy atom. The van der Waals surface area contributed by atoms with Crippen molar-refractivity contribution in [2.45, 2.75) is 25.9 Å². The summed E-state index contributed by atoms with van der Waals surface area (Å²) in [6.45, 7) is 3.64. The molecule has 1 aliphatic rings. The summed E-state index contributed by atoms with van der Waals surface area (Å²) in [5.41, 5.74) is 3.40. The van der Waals surface area contributed by atoms with Gasteiger partial charge in [0, 0.05) is 31.1 Å². The second-order valence-corrected chi connectivity index (χ2v) is 8.01. The number of halogens is 1. The van der Waals surface area contributed by atoms with E-state index in [0.717, 1.165) is 38.2 Å². The Kier molecular flexibility index (Phi) is 6.13. The van der Waals surface area contributed by atoms with Crippen LogP contribution in [0.2, 0.25) is 5.02 Å². The Labute approximate surface area is 174 Å². The zero-order valence-corrected chi connectivity index (χ0v) is 17.0. The third-order valence-corrected chi connectivity index (χ3v) is 5.74. The van der Waals surface area contributed by atoms with Gasteiger partial charge in [-0.05, 0) is 55.6 Å². The van der Waals surface area contributed by atoms with Gasteiger partial charge >= 0.3 is 0 Å². The van der Waals surface area contributed by atoms with Gasteiger partial charge in [0.05, 0.1) is 17.3 Å². The minimum Gasteiger partial charge on any atom is -0.396 e. The molecule has 2 N–H and O–H groups in total. The van der Waals surface area contributed by atoms with E-state index in [0.29, 0.717) is 28.8 Å². The lowest BCUT2D eigenvalue weighted by atomic mass is 9.97. The Balaban J connectivity index is 1.46. The molecule has 0 radical (unpaired) electrons. The van der Waals surface area contributed by atoms with E-state index in [4.69, 9.17) is 11.6 Å². The average Bonchev–Trinajstić information content (AvgIpc) is 2.74. The molecule has 4 rings (SSSR count). The number of hydrogen-bond donors (Lipinski definition) is 2. The summed E-state index contributed by atoms with van der Waals surface area (Å²) in [5, 5.41) is 13.3. The lowest BCUT2D eigenvalue weighted by molar-refractivity contribution is 0.127. The first-order chi connectivity index (χ1) is 14.1. The molecule has 1 aliphatic heterocycles. The van der Waals surface area contributed by atoms with E-state index in [1.165, 1.54) is 9.96 Å². The van der Waals surface area contributed by atoms with Crippen LogP contribution in [0.4, 0.5) is 5.69 Å². The molecule has 3 aromatic rings. The summed E-state index contributed by atoms with van der Waals surface area (Å²) in [4.78, 5) is 19.3. The van der Waals surface area contributed by atoms with Crippen LogP contribution in [0.25, 0.3) is 5.65 Å². The molecular formula is C22H25ClN4O2. The van der Waals surface area contributed by atoms with Gasteiger partial charge in [0.2, 0.25) is 0 Å². The molecule has 1 saturated heterocycles. The standard InChI is InChI=1S/C22H25ClN4O2/c23-18-5-6-21-25-19(11-22(29)27(21)14-18)12-24-20-4-2-1-3-17(20)13-26-9-7-16(15-28)8-10-26/h1-6,11,14,16,24,28H,7-10,12-13,15H2. The first-order valence-electron chi connectivity index (χ1n) is 9.95. The number of rotatable bonds is 6. The molecule has 0 saturated carbocycles. The van der Waals surface area contributed by atoms with E-state index in [1.54, 1.807) is 24.4 Å². The highest BCUT2D eigenvalue weighted by Gasteiger charge is 2.19. The largest absolute Gasteiger partial charge is 0.396 e. The molecule has 0 bridgehead atoms. The van der Waals surface area contributed by atoms with Crippen LogP contribution in [-0.2, 0) is 13.1 Å². The smallest absolute Gasteiger partial charge is 0.258 e. The van der Waals surface area contributed by atoms with Gasteiger partial charge < -0.3 is 10.4 Å². The number of aliphatic hydroxyl groups excluding tert-OH is 1. The summed E-state index contributed by atoms with van der Waals surface area (Å²) in [7, 11) is 0. The quantitative estimate of drug-likeness (QED) is 0.650. The number of piperidine rings is 1. The molecule has 29 heavy (non-hydrogen) atoms. The highest BCUT2D eigenvalue weighted by molar-refractivity contribution is 6.30. The topological polar surface area (TPSA) is 69.9 Å². The molecule has 0 atom stereocenters. The van der Waals surface area contributed by atoms with Crippen molar-refractivity contribution in [3.05, 3.63) is 75.3 Å². The zero-order valence-electron chi connectivity index (χ0n) is 16.2. The fourth-order valence-corrected chi connectivity index (χ4v) is 3.96. The molecule has 1 aromatic carbocycles. The maximum Gasteiger partial charge on any atom is 0.258 e. The Hall–Kier alpha value is -2.41. The number of benzene rings is 1. The van der Waals surface area contributed by atoms with Gasteiger partial charge in [0.1, 0.15) is 5.65 Å². The molecule has 3 heterocycles. The number of pyridine rings is 1. The minimum atomic E-state index is -0.144. The molecule has 7 heteroatoms. The first kappa shape index (κ1) is 19.9. The number of aromatic nitrogens is 2.